The van der Waals surface area contributed by atoms with Crippen LogP contribution in [-0.2, 0) is 0 Å². The van der Waals surface area contributed by atoms with Crippen LogP contribution in [0.3, 0.4) is 0 Å². The highest BCUT2D eigenvalue weighted by Crippen LogP contribution is 2.16. The summed E-state index contributed by atoms with van der Waals surface area (Å²) in [6.45, 7) is 1.54. The number of anilines is 1. The van der Waals surface area contributed by atoms with Crippen LogP contribution in [-0.4, -0.2) is 35.2 Å². The number of nitrogens with zero attached hydrogens (tertiary/aromatic N) is 1. The SMILES string of the molecule is O=C(Nc1ccc(C(=O)O)cc1F)NN1CCCCC1. The molecule has 1 aliphatic heterocycles. The van der Waals surface area contributed by atoms with E-state index in [-0.39, 0.29) is 11.3 Å². The van der Waals surface area contributed by atoms with Crippen molar-refractivity contribution in [2.24, 2.45) is 0 Å². The number of urea groups is 1. The fourth-order valence-corrected chi connectivity index (χ4v) is 2.05. The minimum absolute atomic E-state index is 0.0514. The molecule has 7 heteroatoms. The summed E-state index contributed by atoms with van der Waals surface area (Å²) in [6, 6.07) is 2.81. The van der Waals surface area contributed by atoms with E-state index in [0.29, 0.717) is 0 Å². The smallest absolute Gasteiger partial charge is 0.335 e. The van der Waals surface area contributed by atoms with Crippen molar-refractivity contribution in [3.63, 3.8) is 0 Å². The number of carboxylic acids is 1. The molecule has 6 nitrogen and oxygen atoms in total. The number of hydrogen-bond acceptors (Lipinski definition) is 3. The third-order valence-corrected chi connectivity index (χ3v) is 3.08. The first-order valence-corrected chi connectivity index (χ1v) is 6.41. The number of carbonyl (C=O) groups excluding carboxylic acids is 1. The van der Waals surface area contributed by atoms with Crippen molar-refractivity contribution in [1.29, 1.82) is 0 Å². The Morgan fingerprint density at radius 1 is 1.20 bits per heavy atom. The average molecular weight is 281 g/mol. The van der Waals surface area contributed by atoms with Crippen molar-refractivity contribution < 1.29 is 19.1 Å². The van der Waals surface area contributed by atoms with Crippen molar-refractivity contribution >= 4 is 17.7 Å². The van der Waals surface area contributed by atoms with Crippen LogP contribution in [0.2, 0.25) is 0 Å². The van der Waals surface area contributed by atoms with Crippen LogP contribution < -0.4 is 10.7 Å². The van der Waals surface area contributed by atoms with Gasteiger partial charge in [-0.05, 0) is 31.0 Å². The quantitative estimate of drug-likeness (QED) is 0.792. The number of benzene rings is 1. The standard InChI is InChI=1S/C13H16FN3O3/c14-10-8-9(12(18)19)4-5-11(10)15-13(20)16-17-6-2-1-3-7-17/h4-5,8H,1-3,6-7H2,(H,18,19)(H2,15,16,20). The predicted octanol–water partition coefficient (Wildman–Crippen LogP) is 2.05. The number of aromatic carboxylic acids is 1. The number of carbonyl (C=O) groups is 2. The third kappa shape index (κ3) is 3.67. The monoisotopic (exact) mass is 281 g/mol. The Labute approximate surface area is 115 Å². The van der Waals surface area contributed by atoms with Gasteiger partial charge in [-0.2, -0.15) is 0 Å². The average Bonchev–Trinajstić information content (AvgIpc) is 2.42. The lowest BCUT2D eigenvalue weighted by atomic mass is 10.2. The number of carboxylic acid groups (broad SMARTS) is 1. The van der Waals surface area contributed by atoms with Crippen LogP contribution in [0.5, 0.6) is 0 Å². The van der Waals surface area contributed by atoms with Gasteiger partial charge in [0.15, 0.2) is 0 Å². The third-order valence-electron chi connectivity index (χ3n) is 3.08. The number of hydrogen-bond donors (Lipinski definition) is 3. The minimum atomic E-state index is -1.21. The fraction of sp³-hybridized carbons (Fsp3) is 0.385. The Hall–Kier alpha value is -2.15. The molecule has 108 valence electrons. The Bertz CT molecular complexity index is 516. The highest BCUT2D eigenvalue weighted by molar-refractivity contribution is 5.91. The van der Waals surface area contributed by atoms with Gasteiger partial charge in [-0.1, -0.05) is 6.42 Å². The molecule has 1 heterocycles. The fourth-order valence-electron chi connectivity index (χ4n) is 2.05. The molecule has 1 aromatic carbocycles. The van der Waals surface area contributed by atoms with Crippen molar-refractivity contribution in [2.75, 3.05) is 18.4 Å². The van der Waals surface area contributed by atoms with E-state index in [9.17, 15) is 14.0 Å². The second-order valence-corrected chi connectivity index (χ2v) is 4.61. The molecule has 0 aromatic heterocycles. The first-order valence-electron chi connectivity index (χ1n) is 6.41. The summed E-state index contributed by atoms with van der Waals surface area (Å²) < 4.78 is 13.6. The van der Waals surface area contributed by atoms with E-state index < -0.39 is 17.8 Å². The highest BCUT2D eigenvalue weighted by Gasteiger charge is 2.14. The lowest BCUT2D eigenvalue weighted by Gasteiger charge is -2.26. The molecule has 1 aliphatic rings. The molecule has 0 radical (unpaired) electrons. The zero-order valence-electron chi connectivity index (χ0n) is 10.9. The van der Waals surface area contributed by atoms with Crippen molar-refractivity contribution in [3.8, 4) is 0 Å². The van der Waals surface area contributed by atoms with Gasteiger partial charge in [-0.25, -0.2) is 19.0 Å². The summed E-state index contributed by atoms with van der Waals surface area (Å²) in [7, 11) is 0. The lowest BCUT2D eigenvalue weighted by Crippen LogP contribution is -2.46. The predicted molar refractivity (Wildman–Crippen MR) is 70.9 cm³/mol. The summed E-state index contributed by atoms with van der Waals surface area (Å²) in [4.78, 5) is 22.4. The second-order valence-electron chi connectivity index (χ2n) is 4.61. The minimum Gasteiger partial charge on any atom is -0.478 e. The summed E-state index contributed by atoms with van der Waals surface area (Å²) >= 11 is 0. The Kier molecular flexibility index (Phi) is 4.52. The zero-order valence-corrected chi connectivity index (χ0v) is 10.9. The van der Waals surface area contributed by atoms with E-state index in [1.54, 1.807) is 5.01 Å². The van der Waals surface area contributed by atoms with Crippen molar-refractivity contribution in [1.82, 2.24) is 10.4 Å². The maximum atomic E-state index is 13.6. The van der Waals surface area contributed by atoms with E-state index >= 15 is 0 Å². The molecule has 0 bridgehead atoms. The highest BCUT2D eigenvalue weighted by atomic mass is 19.1. The van der Waals surface area contributed by atoms with Gasteiger partial charge >= 0.3 is 12.0 Å². The van der Waals surface area contributed by atoms with Crippen LogP contribution >= 0.6 is 0 Å². The maximum absolute atomic E-state index is 13.6. The van der Waals surface area contributed by atoms with Crippen molar-refractivity contribution in [2.45, 2.75) is 19.3 Å². The van der Waals surface area contributed by atoms with Crippen LogP contribution in [0.15, 0.2) is 18.2 Å². The molecule has 20 heavy (non-hydrogen) atoms. The molecule has 2 rings (SSSR count). The summed E-state index contributed by atoms with van der Waals surface area (Å²) in [5, 5.41) is 12.9. The molecular formula is C13H16FN3O3. The largest absolute Gasteiger partial charge is 0.478 e. The summed E-state index contributed by atoms with van der Waals surface area (Å²) in [5.41, 5.74) is 2.42. The zero-order chi connectivity index (χ0) is 14.5. The number of rotatable bonds is 3. The van der Waals surface area contributed by atoms with Gasteiger partial charge in [-0.15, -0.1) is 0 Å². The Morgan fingerprint density at radius 3 is 2.50 bits per heavy atom. The Morgan fingerprint density at radius 2 is 1.90 bits per heavy atom. The molecule has 3 N–H and O–H groups in total. The summed E-state index contributed by atoms with van der Waals surface area (Å²) in [5.74, 6) is -1.99. The Balaban J connectivity index is 1.95. The van der Waals surface area contributed by atoms with E-state index in [1.807, 2.05) is 0 Å². The molecule has 2 amide bonds. The first-order chi connectivity index (χ1) is 9.56. The number of piperidine rings is 1. The summed E-state index contributed by atoms with van der Waals surface area (Å²) in [6.07, 6.45) is 3.18. The second kappa shape index (κ2) is 6.33. The van der Waals surface area contributed by atoms with Gasteiger partial charge in [0.1, 0.15) is 5.82 Å². The van der Waals surface area contributed by atoms with Gasteiger partial charge in [0, 0.05) is 13.1 Å². The normalized spacial score (nSPS) is 15.7. The number of amides is 2. The molecule has 1 fully saturated rings. The van der Waals surface area contributed by atoms with Gasteiger partial charge in [-0.3, -0.25) is 5.43 Å². The van der Waals surface area contributed by atoms with E-state index in [1.165, 1.54) is 12.1 Å². The maximum Gasteiger partial charge on any atom is 0.335 e. The van der Waals surface area contributed by atoms with Crippen LogP contribution in [0, 0.1) is 5.82 Å². The van der Waals surface area contributed by atoms with Crippen LogP contribution in [0.25, 0.3) is 0 Å². The molecule has 0 atom stereocenters. The number of halogens is 1. The van der Waals surface area contributed by atoms with Gasteiger partial charge in [0.05, 0.1) is 11.3 Å². The topological polar surface area (TPSA) is 81.7 Å². The van der Waals surface area contributed by atoms with Gasteiger partial charge in [0.2, 0.25) is 0 Å². The van der Waals surface area contributed by atoms with Gasteiger partial charge < -0.3 is 10.4 Å². The van der Waals surface area contributed by atoms with E-state index in [2.05, 4.69) is 10.7 Å². The first kappa shape index (κ1) is 14.3. The van der Waals surface area contributed by atoms with Gasteiger partial charge in [0.25, 0.3) is 0 Å². The molecule has 0 unspecified atom stereocenters. The van der Waals surface area contributed by atoms with Crippen molar-refractivity contribution in [3.05, 3.63) is 29.6 Å². The van der Waals surface area contributed by atoms with Crippen LogP contribution in [0.1, 0.15) is 29.6 Å². The number of nitrogens with one attached hydrogen (secondary N) is 2. The molecule has 0 saturated carbocycles. The van der Waals surface area contributed by atoms with Crippen LogP contribution in [0.4, 0.5) is 14.9 Å². The van der Waals surface area contributed by atoms with E-state index in [0.717, 1.165) is 38.4 Å². The molecular weight excluding hydrogens is 265 g/mol. The molecule has 0 spiro atoms. The van der Waals surface area contributed by atoms with E-state index in [4.69, 9.17) is 5.11 Å². The number of hydrazine groups is 1. The molecule has 1 saturated heterocycles. The molecule has 1 aromatic rings. The molecule has 0 aliphatic carbocycles. The lowest BCUT2D eigenvalue weighted by molar-refractivity contribution is 0.0696.